The van der Waals surface area contributed by atoms with Gasteiger partial charge in [-0.1, -0.05) is 0 Å². The van der Waals surface area contributed by atoms with Crippen molar-refractivity contribution in [3.63, 3.8) is 0 Å². The molecule has 0 saturated heterocycles. The van der Waals surface area contributed by atoms with Crippen molar-refractivity contribution in [2.24, 2.45) is 0 Å². The van der Waals surface area contributed by atoms with Crippen LogP contribution < -0.4 is 10.6 Å². The SMILES string of the molecule is CNC(=O)c1ccc(NCc2c(C)c(C)c(C)c(C)c2C)nn1. The van der Waals surface area contributed by atoms with Crippen molar-refractivity contribution in [1.82, 2.24) is 15.5 Å². The molecule has 1 amide bonds. The first-order chi connectivity index (χ1) is 10.9. The van der Waals surface area contributed by atoms with Crippen molar-refractivity contribution in [3.8, 4) is 0 Å². The monoisotopic (exact) mass is 312 g/mol. The van der Waals surface area contributed by atoms with Crippen LogP contribution in [0.3, 0.4) is 0 Å². The normalized spacial score (nSPS) is 10.5. The van der Waals surface area contributed by atoms with Gasteiger partial charge in [0.2, 0.25) is 0 Å². The molecule has 0 spiro atoms. The molecule has 2 aromatic rings. The molecular weight excluding hydrogens is 288 g/mol. The molecule has 1 aromatic carbocycles. The number of rotatable bonds is 4. The molecule has 122 valence electrons. The molecule has 0 aliphatic heterocycles. The first kappa shape index (κ1) is 16.9. The summed E-state index contributed by atoms with van der Waals surface area (Å²) in [7, 11) is 1.57. The van der Waals surface area contributed by atoms with E-state index in [0.29, 0.717) is 18.1 Å². The van der Waals surface area contributed by atoms with Crippen LogP contribution in [0.1, 0.15) is 43.9 Å². The Balaban J connectivity index is 2.20. The van der Waals surface area contributed by atoms with Crippen molar-refractivity contribution in [2.75, 3.05) is 12.4 Å². The Morgan fingerprint density at radius 2 is 1.48 bits per heavy atom. The quantitative estimate of drug-likeness (QED) is 0.911. The molecule has 0 atom stereocenters. The predicted molar refractivity (Wildman–Crippen MR) is 92.9 cm³/mol. The lowest BCUT2D eigenvalue weighted by molar-refractivity contribution is 0.0957. The molecule has 23 heavy (non-hydrogen) atoms. The first-order valence-corrected chi connectivity index (χ1v) is 7.72. The van der Waals surface area contributed by atoms with Crippen LogP contribution in [0.5, 0.6) is 0 Å². The average molecular weight is 312 g/mol. The number of hydrogen-bond donors (Lipinski definition) is 2. The molecule has 1 heterocycles. The maximum Gasteiger partial charge on any atom is 0.271 e. The fourth-order valence-corrected chi connectivity index (χ4v) is 2.70. The maximum atomic E-state index is 11.5. The second-order valence-electron chi connectivity index (χ2n) is 5.84. The lowest BCUT2D eigenvalue weighted by atomic mass is 9.89. The van der Waals surface area contributed by atoms with Gasteiger partial charge in [-0.15, -0.1) is 10.2 Å². The van der Waals surface area contributed by atoms with E-state index in [1.54, 1.807) is 19.2 Å². The van der Waals surface area contributed by atoms with Gasteiger partial charge in [0, 0.05) is 13.6 Å². The zero-order chi connectivity index (χ0) is 17.1. The van der Waals surface area contributed by atoms with E-state index in [0.717, 1.165) is 0 Å². The largest absolute Gasteiger partial charge is 0.364 e. The Morgan fingerprint density at radius 3 is 1.96 bits per heavy atom. The van der Waals surface area contributed by atoms with Crippen LogP contribution in [-0.2, 0) is 6.54 Å². The minimum absolute atomic E-state index is 0.236. The van der Waals surface area contributed by atoms with Crippen molar-refractivity contribution >= 4 is 11.7 Å². The highest BCUT2D eigenvalue weighted by molar-refractivity contribution is 5.91. The number of nitrogens with zero attached hydrogens (tertiary/aromatic N) is 2. The zero-order valence-corrected chi connectivity index (χ0v) is 14.7. The second-order valence-corrected chi connectivity index (χ2v) is 5.84. The van der Waals surface area contributed by atoms with Gasteiger partial charge < -0.3 is 10.6 Å². The van der Waals surface area contributed by atoms with E-state index in [1.165, 1.54) is 33.4 Å². The fraction of sp³-hybridized carbons (Fsp3) is 0.389. The van der Waals surface area contributed by atoms with Crippen LogP contribution in [0, 0.1) is 34.6 Å². The molecule has 2 rings (SSSR count). The summed E-state index contributed by atoms with van der Waals surface area (Å²) >= 11 is 0. The molecule has 0 bridgehead atoms. The zero-order valence-electron chi connectivity index (χ0n) is 14.7. The van der Waals surface area contributed by atoms with Gasteiger partial charge in [-0.05, 0) is 80.1 Å². The number of carbonyl (C=O) groups is 1. The molecule has 0 aliphatic carbocycles. The minimum atomic E-state index is -0.236. The van der Waals surface area contributed by atoms with Gasteiger partial charge in [0.1, 0.15) is 5.82 Å². The van der Waals surface area contributed by atoms with Gasteiger partial charge in [-0.25, -0.2) is 0 Å². The number of carbonyl (C=O) groups excluding carboxylic acids is 1. The molecule has 0 saturated carbocycles. The van der Waals surface area contributed by atoms with Crippen LogP contribution in [0.15, 0.2) is 12.1 Å². The van der Waals surface area contributed by atoms with E-state index in [4.69, 9.17) is 0 Å². The average Bonchev–Trinajstić information content (AvgIpc) is 2.58. The molecule has 0 fully saturated rings. The van der Waals surface area contributed by atoms with Crippen LogP contribution in [0.4, 0.5) is 5.82 Å². The summed E-state index contributed by atoms with van der Waals surface area (Å²) in [5.74, 6) is 0.424. The maximum absolute atomic E-state index is 11.5. The lowest BCUT2D eigenvalue weighted by Crippen LogP contribution is -2.19. The van der Waals surface area contributed by atoms with Crippen molar-refractivity contribution < 1.29 is 4.79 Å². The van der Waals surface area contributed by atoms with Gasteiger partial charge in [-0.3, -0.25) is 4.79 Å². The molecule has 1 aromatic heterocycles. The van der Waals surface area contributed by atoms with Gasteiger partial charge in [0.25, 0.3) is 5.91 Å². The van der Waals surface area contributed by atoms with E-state index >= 15 is 0 Å². The highest BCUT2D eigenvalue weighted by atomic mass is 16.1. The Labute approximate surface area is 137 Å². The van der Waals surface area contributed by atoms with E-state index < -0.39 is 0 Å². The summed E-state index contributed by atoms with van der Waals surface area (Å²) in [4.78, 5) is 11.5. The summed E-state index contributed by atoms with van der Waals surface area (Å²) in [5.41, 5.74) is 8.27. The molecule has 0 unspecified atom stereocenters. The van der Waals surface area contributed by atoms with Crippen LogP contribution >= 0.6 is 0 Å². The number of hydrogen-bond acceptors (Lipinski definition) is 4. The summed E-state index contributed by atoms with van der Waals surface area (Å²) in [6.45, 7) is 11.5. The van der Waals surface area contributed by atoms with Crippen LogP contribution in [0.2, 0.25) is 0 Å². The molecule has 0 aliphatic rings. The number of amides is 1. The van der Waals surface area contributed by atoms with E-state index in [-0.39, 0.29) is 5.91 Å². The Bertz CT molecular complexity index is 707. The predicted octanol–water partition coefficient (Wildman–Crippen LogP) is 2.99. The third-order valence-electron chi connectivity index (χ3n) is 4.73. The summed E-state index contributed by atoms with van der Waals surface area (Å²) in [6, 6.07) is 3.44. The topological polar surface area (TPSA) is 66.9 Å². The third kappa shape index (κ3) is 3.33. The smallest absolute Gasteiger partial charge is 0.271 e. The highest BCUT2D eigenvalue weighted by Gasteiger charge is 2.12. The first-order valence-electron chi connectivity index (χ1n) is 7.72. The number of benzene rings is 1. The third-order valence-corrected chi connectivity index (χ3v) is 4.73. The van der Waals surface area contributed by atoms with Crippen LogP contribution in [-0.4, -0.2) is 23.2 Å². The van der Waals surface area contributed by atoms with Gasteiger partial charge in [0.05, 0.1) is 0 Å². The Kier molecular flexibility index (Phi) is 4.98. The Hall–Kier alpha value is -2.43. The van der Waals surface area contributed by atoms with E-state index in [2.05, 4.69) is 55.4 Å². The highest BCUT2D eigenvalue weighted by Crippen LogP contribution is 2.26. The summed E-state index contributed by atoms with van der Waals surface area (Å²) in [6.07, 6.45) is 0. The Morgan fingerprint density at radius 1 is 0.913 bits per heavy atom. The summed E-state index contributed by atoms with van der Waals surface area (Å²) < 4.78 is 0. The van der Waals surface area contributed by atoms with Crippen molar-refractivity contribution in [1.29, 1.82) is 0 Å². The van der Waals surface area contributed by atoms with Gasteiger partial charge in [-0.2, -0.15) is 0 Å². The number of aromatic nitrogens is 2. The van der Waals surface area contributed by atoms with Crippen molar-refractivity contribution in [3.05, 3.63) is 51.2 Å². The molecule has 2 N–H and O–H groups in total. The summed E-state index contributed by atoms with van der Waals surface area (Å²) in [5, 5.41) is 13.8. The van der Waals surface area contributed by atoms with Crippen LogP contribution in [0.25, 0.3) is 0 Å². The standard InChI is InChI=1S/C18H24N4O/c1-10-11(2)13(4)15(14(5)12(10)3)9-20-17-8-7-16(21-22-17)18(23)19-6/h7-8H,9H2,1-6H3,(H,19,23)(H,20,22). The molecule has 5 nitrogen and oxygen atoms in total. The lowest BCUT2D eigenvalue weighted by Gasteiger charge is -2.19. The number of nitrogens with one attached hydrogen (secondary N) is 2. The second kappa shape index (κ2) is 6.77. The van der Waals surface area contributed by atoms with E-state index in [1.807, 2.05) is 0 Å². The van der Waals surface area contributed by atoms with Gasteiger partial charge in [0.15, 0.2) is 5.69 Å². The minimum Gasteiger partial charge on any atom is -0.364 e. The van der Waals surface area contributed by atoms with Crippen molar-refractivity contribution in [2.45, 2.75) is 41.2 Å². The number of anilines is 1. The van der Waals surface area contributed by atoms with E-state index in [9.17, 15) is 4.79 Å². The molecule has 0 radical (unpaired) electrons. The van der Waals surface area contributed by atoms with Gasteiger partial charge >= 0.3 is 0 Å². The molecule has 5 heteroatoms. The fourth-order valence-electron chi connectivity index (χ4n) is 2.70. The molecular formula is C18H24N4O.